The molecular formula is C12H15N5. The molecule has 1 N–H and O–H groups in total. The molecule has 88 valence electrons. The second-order valence-corrected chi connectivity index (χ2v) is 4.50. The van der Waals surface area contributed by atoms with Gasteiger partial charge in [0.2, 0.25) is 0 Å². The number of hydrogen-bond donors (Lipinski definition) is 1. The molecule has 0 saturated heterocycles. The van der Waals surface area contributed by atoms with Gasteiger partial charge in [-0.3, -0.25) is 5.10 Å². The summed E-state index contributed by atoms with van der Waals surface area (Å²) in [7, 11) is 2.12. The highest BCUT2D eigenvalue weighted by atomic mass is 15.1. The molecule has 3 heterocycles. The largest absolute Gasteiger partial charge is 0.300 e. The average molecular weight is 229 g/mol. The fourth-order valence-corrected chi connectivity index (χ4v) is 2.30. The van der Waals surface area contributed by atoms with E-state index in [1.54, 1.807) is 6.20 Å². The van der Waals surface area contributed by atoms with E-state index in [9.17, 15) is 0 Å². The number of hydrogen-bond acceptors (Lipinski definition) is 4. The Labute approximate surface area is 99.9 Å². The minimum Gasteiger partial charge on any atom is -0.300 e. The maximum Gasteiger partial charge on any atom is 0.126 e. The number of fused-ring (bicyclic) bond motifs is 1. The molecule has 0 unspecified atom stereocenters. The Morgan fingerprint density at radius 1 is 1.35 bits per heavy atom. The minimum absolute atomic E-state index is 0.823. The molecule has 2 aromatic heterocycles. The van der Waals surface area contributed by atoms with Crippen molar-refractivity contribution >= 4 is 0 Å². The molecule has 0 amide bonds. The minimum atomic E-state index is 0.823. The average Bonchev–Trinajstić information content (AvgIpc) is 2.80. The molecule has 0 radical (unpaired) electrons. The number of aryl methyl sites for hydroxylation is 1. The Balaban J connectivity index is 2.16. The van der Waals surface area contributed by atoms with Crippen LogP contribution in [0, 0.1) is 6.92 Å². The molecule has 0 saturated carbocycles. The standard InChI is InChI=1S/C12H15N5/c1-8-14-11-7-17(2)6-4-9(11)12(15-8)10-3-5-13-16-10/h3,5H,4,6-7H2,1-2H3,(H,13,16). The molecule has 0 bridgehead atoms. The Bertz CT molecular complexity index is 532. The monoisotopic (exact) mass is 229 g/mol. The molecule has 0 spiro atoms. The summed E-state index contributed by atoms with van der Waals surface area (Å²) >= 11 is 0. The van der Waals surface area contributed by atoms with Crippen LogP contribution in [0.15, 0.2) is 12.3 Å². The first-order valence-electron chi connectivity index (χ1n) is 5.79. The van der Waals surface area contributed by atoms with E-state index in [0.717, 1.165) is 42.4 Å². The van der Waals surface area contributed by atoms with E-state index in [-0.39, 0.29) is 0 Å². The second kappa shape index (κ2) is 3.92. The zero-order chi connectivity index (χ0) is 11.8. The molecule has 1 aliphatic rings. The van der Waals surface area contributed by atoms with Gasteiger partial charge in [-0.1, -0.05) is 0 Å². The number of H-pyrrole nitrogens is 1. The lowest BCUT2D eigenvalue weighted by Crippen LogP contribution is -2.28. The fourth-order valence-electron chi connectivity index (χ4n) is 2.30. The molecule has 5 heteroatoms. The molecule has 5 nitrogen and oxygen atoms in total. The maximum atomic E-state index is 4.55. The van der Waals surface area contributed by atoms with Crippen LogP contribution >= 0.6 is 0 Å². The van der Waals surface area contributed by atoms with Crippen molar-refractivity contribution in [2.45, 2.75) is 19.9 Å². The Morgan fingerprint density at radius 3 is 3.00 bits per heavy atom. The molecule has 0 fully saturated rings. The maximum absolute atomic E-state index is 4.55. The lowest BCUT2D eigenvalue weighted by Gasteiger charge is -2.25. The first-order valence-corrected chi connectivity index (χ1v) is 5.79. The number of nitrogens with zero attached hydrogens (tertiary/aromatic N) is 4. The van der Waals surface area contributed by atoms with Crippen LogP contribution in [0.4, 0.5) is 0 Å². The third-order valence-electron chi connectivity index (χ3n) is 3.12. The van der Waals surface area contributed by atoms with Crippen molar-refractivity contribution < 1.29 is 0 Å². The Hall–Kier alpha value is -1.75. The first-order chi connectivity index (χ1) is 8.24. The van der Waals surface area contributed by atoms with Crippen LogP contribution in [0.3, 0.4) is 0 Å². The van der Waals surface area contributed by atoms with Crippen LogP contribution < -0.4 is 0 Å². The summed E-state index contributed by atoms with van der Waals surface area (Å²) in [5.74, 6) is 0.823. The molecule has 2 aromatic rings. The van der Waals surface area contributed by atoms with E-state index >= 15 is 0 Å². The van der Waals surface area contributed by atoms with E-state index in [4.69, 9.17) is 0 Å². The SMILES string of the molecule is Cc1nc2c(c(-c3ccn[nH]3)n1)CCN(C)C2. The van der Waals surface area contributed by atoms with E-state index in [2.05, 4.69) is 32.1 Å². The summed E-state index contributed by atoms with van der Waals surface area (Å²) < 4.78 is 0. The van der Waals surface area contributed by atoms with Gasteiger partial charge in [0.05, 0.1) is 17.1 Å². The predicted molar refractivity (Wildman–Crippen MR) is 64.4 cm³/mol. The zero-order valence-electron chi connectivity index (χ0n) is 10.1. The highest BCUT2D eigenvalue weighted by molar-refractivity contribution is 5.59. The molecule has 17 heavy (non-hydrogen) atoms. The summed E-state index contributed by atoms with van der Waals surface area (Å²) in [5.41, 5.74) is 4.41. The van der Waals surface area contributed by atoms with Crippen LogP contribution in [-0.4, -0.2) is 38.7 Å². The van der Waals surface area contributed by atoms with E-state index in [1.165, 1.54) is 5.56 Å². The van der Waals surface area contributed by atoms with E-state index in [1.807, 2.05) is 13.0 Å². The van der Waals surface area contributed by atoms with Crippen LogP contribution in [0.25, 0.3) is 11.4 Å². The van der Waals surface area contributed by atoms with Crippen molar-refractivity contribution in [1.82, 2.24) is 25.1 Å². The van der Waals surface area contributed by atoms with Crippen molar-refractivity contribution in [3.8, 4) is 11.4 Å². The summed E-state index contributed by atoms with van der Waals surface area (Å²) in [6.45, 7) is 3.90. The number of rotatable bonds is 1. The smallest absolute Gasteiger partial charge is 0.126 e. The molecule has 0 atom stereocenters. The summed E-state index contributed by atoms with van der Waals surface area (Å²) in [6.07, 6.45) is 2.76. The number of likely N-dealkylation sites (N-methyl/N-ethyl adjacent to an activating group) is 1. The van der Waals surface area contributed by atoms with Crippen molar-refractivity contribution in [2.24, 2.45) is 0 Å². The Kier molecular flexibility index (Phi) is 2.40. The normalized spacial score (nSPS) is 15.9. The van der Waals surface area contributed by atoms with Crippen molar-refractivity contribution in [1.29, 1.82) is 0 Å². The summed E-state index contributed by atoms with van der Waals surface area (Å²) in [5, 5.41) is 6.98. The molecule has 0 aliphatic carbocycles. The number of aromatic nitrogens is 4. The third kappa shape index (κ3) is 1.82. The van der Waals surface area contributed by atoms with Gasteiger partial charge in [0.1, 0.15) is 5.82 Å². The molecule has 3 rings (SSSR count). The van der Waals surface area contributed by atoms with Crippen molar-refractivity contribution in [2.75, 3.05) is 13.6 Å². The van der Waals surface area contributed by atoms with Crippen molar-refractivity contribution in [3.05, 3.63) is 29.3 Å². The number of nitrogens with one attached hydrogen (secondary N) is 1. The van der Waals surface area contributed by atoms with Crippen molar-refractivity contribution in [3.63, 3.8) is 0 Å². The van der Waals surface area contributed by atoms with Gasteiger partial charge in [-0.25, -0.2) is 9.97 Å². The van der Waals surface area contributed by atoms with Gasteiger partial charge in [0.25, 0.3) is 0 Å². The van der Waals surface area contributed by atoms with Gasteiger partial charge in [0.15, 0.2) is 0 Å². The first kappa shape index (κ1) is 10.4. The highest BCUT2D eigenvalue weighted by Crippen LogP contribution is 2.25. The molecular weight excluding hydrogens is 214 g/mol. The van der Waals surface area contributed by atoms with Gasteiger partial charge in [0, 0.05) is 24.8 Å². The summed E-state index contributed by atoms with van der Waals surface area (Å²) in [6, 6.07) is 1.96. The second-order valence-electron chi connectivity index (χ2n) is 4.50. The van der Waals surface area contributed by atoms with Gasteiger partial charge < -0.3 is 4.90 Å². The topological polar surface area (TPSA) is 57.7 Å². The van der Waals surface area contributed by atoms with Crippen LogP contribution in [0.1, 0.15) is 17.1 Å². The lowest BCUT2D eigenvalue weighted by molar-refractivity contribution is 0.307. The molecule has 0 aromatic carbocycles. The van der Waals surface area contributed by atoms with Gasteiger partial charge in [-0.15, -0.1) is 0 Å². The van der Waals surface area contributed by atoms with Gasteiger partial charge in [-0.2, -0.15) is 5.10 Å². The highest BCUT2D eigenvalue weighted by Gasteiger charge is 2.20. The van der Waals surface area contributed by atoms with E-state index in [0.29, 0.717) is 0 Å². The lowest BCUT2D eigenvalue weighted by atomic mass is 10.0. The third-order valence-corrected chi connectivity index (χ3v) is 3.12. The number of aromatic amines is 1. The fraction of sp³-hybridized carbons (Fsp3) is 0.417. The quantitative estimate of drug-likeness (QED) is 0.797. The van der Waals surface area contributed by atoms with Crippen LogP contribution in [-0.2, 0) is 13.0 Å². The van der Waals surface area contributed by atoms with Crippen LogP contribution in [0.5, 0.6) is 0 Å². The Morgan fingerprint density at radius 2 is 2.24 bits per heavy atom. The zero-order valence-corrected chi connectivity index (χ0v) is 10.1. The van der Waals surface area contributed by atoms with Gasteiger partial charge in [-0.05, 0) is 26.5 Å². The van der Waals surface area contributed by atoms with Crippen LogP contribution in [0.2, 0.25) is 0 Å². The molecule has 1 aliphatic heterocycles. The summed E-state index contributed by atoms with van der Waals surface area (Å²) in [4.78, 5) is 11.4. The van der Waals surface area contributed by atoms with E-state index < -0.39 is 0 Å². The van der Waals surface area contributed by atoms with Gasteiger partial charge >= 0.3 is 0 Å². The predicted octanol–water partition coefficient (Wildman–Crippen LogP) is 1.16.